The van der Waals surface area contributed by atoms with Crippen LogP contribution in [0.2, 0.25) is 0 Å². The van der Waals surface area contributed by atoms with Crippen molar-refractivity contribution in [3.8, 4) is 5.75 Å². The Kier molecular flexibility index (Phi) is 5.85. The Labute approximate surface area is 134 Å². The fraction of sp³-hybridized carbons (Fsp3) is 0.471. The van der Waals surface area contributed by atoms with E-state index in [9.17, 15) is 4.79 Å². The van der Waals surface area contributed by atoms with Crippen LogP contribution in [0.15, 0.2) is 28.3 Å². The van der Waals surface area contributed by atoms with Gasteiger partial charge in [0.05, 0.1) is 0 Å². The number of benzene rings is 1. The van der Waals surface area contributed by atoms with Gasteiger partial charge in [0.1, 0.15) is 5.75 Å². The number of hydrogen-bond acceptors (Lipinski definition) is 2. The van der Waals surface area contributed by atoms with Crippen molar-refractivity contribution in [3.63, 3.8) is 0 Å². The third kappa shape index (κ3) is 4.88. The molecule has 0 spiro atoms. The van der Waals surface area contributed by atoms with Gasteiger partial charge in [-0.1, -0.05) is 27.6 Å². The molecule has 0 aliphatic heterocycles. The molecule has 0 radical (unpaired) electrons. The molecule has 0 unspecified atom stereocenters. The normalized spacial score (nSPS) is 14.5. The molecule has 0 atom stereocenters. The maximum Gasteiger partial charge on any atom is 0.258 e. The van der Waals surface area contributed by atoms with E-state index in [2.05, 4.69) is 27.3 Å². The molecule has 0 aromatic heterocycles. The molecule has 2 rings (SSSR count). The molecule has 0 fully saturated rings. The van der Waals surface area contributed by atoms with Gasteiger partial charge in [-0.25, -0.2) is 0 Å². The van der Waals surface area contributed by atoms with Crippen molar-refractivity contribution < 1.29 is 9.53 Å². The van der Waals surface area contributed by atoms with Crippen molar-refractivity contribution in [2.75, 3.05) is 13.2 Å². The molecule has 0 bridgehead atoms. The van der Waals surface area contributed by atoms with Crippen LogP contribution in [-0.2, 0) is 4.79 Å². The molecule has 3 nitrogen and oxygen atoms in total. The second-order valence-corrected chi connectivity index (χ2v) is 6.34. The monoisotopic (exact) mass is 351 g/mol. The Balaban J connectivity index is 1.80. The summed E-state index contributed by atoms with van der Waals surface area (Å²) in [6, 6.07) is 3.88. The first-order valence-corrected chi connectivity index (χ1v) is 8.19. The SMILES string of the molecule is Cc1cc(OCC(=O)NCC2=CCCCC2)cc(C)c1Br. The number of rotatable bonds is 5. The van der Waals surface area contributed by atoms with Crippen LogP contribution in [0.5, 0.6) is 5.75 Å². The molecule has 1 aliphatic rings. The first-order chi connectivity index (χ1) is 10.1. The fourth-order valence-corrected chi connectivity index (χ4v) is 2.70. The van der Waals surface area contributed by atoms with E-state index < -0.39 is 0 Å². The predicted molar refractivity (Wildman–Crippen MR) is 88.7 cm³/mol. The predicted octanol–water partition coefficient (Wildman–Crippen LogP) is 4.06. The molecule has 1 N–H and O–H groups in total. The summed E-state index contributed by atoms with van der Waals surface area (Å²) in [5.74, 6) is 0.667. The maximum absolute atomic E-state index is 11.8. The number of aryl methyl sites for hydroxylation is 2. The highest BCUT2D eigenvalue weighted by Crippen LogP contribution is 2.26. The van der Waals surface area contributed by atoms with Crippen LogP contribution in [0, 0.1) is 13.8 Å². The summed E-state index contributed by atoms with van der Waals surface area (Å²) in [6.45, 7) is 4.74. The molecule has 0 saturated carbocycles. The fourth-order valence-electron chi connectivity index (χ4n) is 2.47. The Morgan fingerprint density at radius 2 is 2.00 bits per heavy atom. The zero-order chi connectivity index (χ0) is 15.2. The van der Waals surface area contributed by atoms with Gasteiger partial charge in [0.2, 0.25) is 0 Å². The molecule has 4 heteroatoms. The minimum absolute atomic E-state index is 0.0633. The lowest BCUT2D eigenvalue weighted by Gasteiger charge is -2.14. The number of carbonyl (C=O) groups is 1. The molecule has 1 aromatic rings. The first-order valence-electron chi connectivity index (χ1n) is 7.40. The minimum Gasteiger partial charge on any atom is -0.484 e. The lowest BCUT2D eigenvalue weighted by Crippen LogP contribution is -2.30. The van der Waals surface area contributed by atoms with Crippen molar-refractivity contribution in [1.82, 2.24) is 5.32 Å². The van der Waals surface area contributed by atoms with Gasteiger partial charge in [0.15, 0.2) is 6.61 Å². The summed E-state index contributed by atoms with van der Waals surface area (Å²) in [4.78, 5) is 11.8. The number of allylic oxidation sites excluding steroid dienone is 1. The van der Waals surface area contributed by atoms with Crippen molar-refractivity contribution >= 4 is 21.8 Å². The number of halogens is 1. The van der Waals surface area contributed by atoms with Crippen molar-refractivity contribution in [1.29, 1.82) is 0 Å². The Morgan fingerprint density at radius 3 is 2.62 bits per heavy atom. The highest BCUT2D eigenvalue weighted by molar-refractivity contribution is 9.10. The van der Waals surface area contributed by atoms with E-state index in [0.717, 1.165) is 34.2 Å². The zero-order valence-corrected chi connectivity index (χ0v) is 14.3. The van der Waals surface area contributed by atoms with E-state index in [1.165, 1.54) is 18.4 Å². The van der Waals surface area contributed by atoms with Crippen LogP contribution in [-0.4, -0.2) is 19.1 Å². The van der Waals surface area contributed by atoms with Gasteiger partial charge in [0.25, 0.3) is 5.91 Å². The van der Waals surface area contributed by atoms with Gasteiger partial charge in [-0.05, 0) is 62.8 Å². The zero-order valence-electron chi connectivity index (χ0n) is 12.7. The molecular weight excluding hydrogens is 330 g/mol. The maximum atomic E-state index is 11.8. The van der Waals surface area contributed by atoms with E-state index in [4.69, 9.17) is 4.74 Å². The lowest BCUT2D eigenvalue weighted by molar-refractivity contribution is -0.122. The molecule has 1 aromatic carbocycles. The van der Waals surface area contributed by atoms with Gasteiger partial charge in [0, 0.05) is 11.0 Å². The Bertz CT molecular complexity index is 529. The third-order valence-corrected chi connectivity index (χ3v) is 4.93. The topological polar surface area (TPSA) is 38.3 Å². The molecular formula is C17H22BrNO2. The summed E-state index contributed by atoms with van der Waals surface area (Å²) in [7, 11) is 0. The highest BCUT2D eigenvalue weighted by atomic mass is 79.9. The Hall–Kier alpha value is -1.29. The van der Waals surface area contributed by atoms with E-state index in [1.807, 2.05) is 26.0 Å². The summed E-state index contributed by atoms with van der Waals surface area (Å²) >= 11 is 3.52. The number of ether oxygens (including phenoxy) is 1. The highest BCUT2D eigenvalue weighted by Gasteiger charge is 2.08. The third-order valence-electron chi connectivity index (χ3n) is 3.68. The smallest absolute Gasteiger partial charge is 0.258 e. The Morgan fingerprint density at radius 1 is 1.29 bits per heavy atom. The van der Waals surface area contributed by atoms with Crippen LogP contribution in [0.1, 0.15) is 36.8 Å². The van der Waals surface area contributed by atoms with Crippen LogP contribution in [0.4, 0.5) is 0 Å². The largest absolute Gasteiger partial charge is 0.484 e. The van der Waals surface area contributed by atoms with Gasteiger partial charge < -0.3 is 10.1 Å². The first kappa shape index (κ1) is 16.1. The summed E-state index contributed by atoms with van der Waals surface area (Å²) < 4.78 is 6.66. The van der Waals surface area contributed by atoms with Gasteiger partial charge >= 0.3 is 0 Å². The average Bonchev–Trinajstić information content (AvgIpc) is 2.49. The van der Waals surface area contributed by atoms with Crippen LogP contribution in [0.3, 0.4) is 0 Å². The molecule has 114 valence electrons. The van der Waals surface area contributed by atoms with Crippen LogP contribution in [0.25, 0.3) is 0 Å². The number of nitrogens with one attached hydrogen (secondary N) is 1. The lowest BCUT2D eigenvalue weighted by atomic mass is 10.00. The molecule has 0 saturated heterocycles. The van der Waals surface area contributed by atoms with E-state index >= 15 is 0 Å². The summed E-state index contributed by atoms with van der Waals surface area (Å²) in [5.41, 5.74) is 3.56. The van der Waals surface area contributed by atoms with Crippen molar-refractivity contribution in [3.05, 3.63) is 39.4 Å². The van der Waals surface area contributed by atoms with Crippen molar-refractivity contribution in [2.24, 2.45) is 0 Å². The molecule has 0 heterocycles. The number of carbonyl (C=O) groups excluding carboxylic acids is 1. The summed E-state index contributed by atoms with van der Waals surface area (Å²) in [5, 5.41) is 2.92. The van der Waals surface area contributed by atoms with Crippen LogP contribution < -0.4 is 10.1 Å². The number of hydrogen-bond donors (Lipinski definition) is 1. The average molecular weight is 352 g/mol. The second-order valence-electron chi connectivity index (χ2n) is 5.54. The minimum atomic E-state index is -0.0697. The molecule has 1 aliphatic carbocycles. The van der Waals surface area contributed by atoms with E-state index in [1.54, 1.807) is 0 Å². The van der Waals surface area contributed by atoms with Crippen LogP contribution >= 0.6 is 15.9 Å². The van der Waals surface area contributed by atoms with Gasteiger partial charge in [-0.3, -0.25) is 4.79 Å². The van der Waals surface area contributed by atoms with E-state index in [0.29, 0.717) is 6.54 Å². The number of amides is 1. The second kappa shape index (κ2) is 7.64. The summed E-state index contributed by atoms with van der Waals surface area (Å²) in [6.07, 6.45) is 6.98. The van der Waals surface area contributed by atoms with Gasteiger partial charge in [-0.2, -0.15) is 0 Å². The molecule has 21 heavy (non-hydrogen) atoms. The van der Waals surface area contributed by atoms with Crippen molar-refractivity contribution in [2.45, 2.75) is 39.5 Å². The standard InChI is InChI=1S/C17H22BrNO2/c1-12-8-15(9-13(2)17(12)18)21-11-16(20)19-10-14-6-4-3-5-7-14/h6,8-9H,3-5,7,10-11H2,1-2H3,(H,19,20). The van der Waals surface area contributed by atoms with Gasteiger partial charge in [-0.15, -0.1) is 0 Å². The quantitative estimate of drug-likeness (QED) is 0.812. The molecule has 1 amide bonds. The van der Waals surface area contributed by atoms with E-state index in [-0.39, 0.29) is 12.5 Å².